The maximum absolute atomic E-state index is 7.16. The third-order valence-electron chi connectivity index (χ3n) is 0.911. The first-order valence-electron chi connectivity index (χ1n) is 2.73. The van der Waals surface area contributed by atoms with Crippen LogP contribution >= 0.6 is 0 Å². The monoisotopic (exact) mass is 88.1 g/mol. The van der Waals surface area contributed by atoms with Crippen LogP contribution < -0.4 is 5.73 Å². The molecule has 1 unspecified atom stereocenters. The Kier molecular flexibility index (Phi) is 1.51. The number of hydrogen-bond donors (Lipinski definition) is 1. The molecule has 38 valence electrons. The number of rotatable bonds is 1. The van der Waals surface area contributed by atoms with Crippen LogP contribution in [0.1, 0.15) is 22.1 Å². The van der Waals surface area contributed by atoms with Gasteiger partial charge in [0, 0.05) is 7.39 Å². The molecule has 6 heavy (non-hydrogen) atoms. The Morgan fingerprint density at radius 3 is 1.67 bits per heavy atom. The van der Waals surface area contributed by atoms with Crippen LogP contribution in [0, 0.1) is 5.92 Å². The Morgan fingerprint density at radius 2 is 1.67 bits per heavy atom. The summed E-state index contributed by atoms with van der Waals surface area (Å²) < 4.78 is 7.16. The Labute approximate surface area is 40.9 Å². The van der Waals surface area contributed by atoms with Gasteiger partial charge in [-0.1, -0.05) is 13.8 Å². The Morgan fingerprint density at radius 1 is 1.50 bits per heavy atom. The molecule has 0 fully saturated rings. The summed E-state index contributed by atoms with van der Waals surface area (Å²) in [6.07, 6.45) is 0. The van der Waals surface area contributed by atoms with E-state index in [1.807, 2.05) is 13.8 Å². The van der Waals surface area contributed by atoms with E-state index < -0.39 is 6.02 Å². The zero-order valence-electron chi connectivity index (χ0n) is 5.65. The summed E-state index contributed by atoms with van der Waals surface area (Å²) in [5, 5.41) is 0. The Balaban J connectivity index is 3.54. The standard InChI is InChI=1S/C5H13N/c1-4(2)5(3)6/h4-5H,6H2,1-3H3/i5D. The van der Waals surface area contributed by atoms with Crippen LogP contribution in [0.15, 0.2) is 0 Å². The average Bonchev–Trinajstić information content (AvgIpc) is 1.31. The summed E-state index contributed by atoms with van der Waals surface area (Å²) in [5.74, 6) is 0.243. The molecule has 2 N–H and O–H groups in total. The first-order valence-corrected chi connectivity index (χ1v) is 2.23. The van der Waals surface area contributed by atoms with E-state index in [0.717, 1.165) is 0 Å². The van der Waals surface area contributed by atoms with Crippen molar-refractivity contribution in [3.63, 3.8) is 0 Å². The van der Waals surface area contributed by atoms with Crippen molar-refractivity contribution < 1.29 is 1.37 Å². The molecule has 0 aromatic heterocycles. The van der Waals surface area contributed by atoms with E-state index in [2.05, 4.69) is 0 Å². The van der Waals surface area contributed by atoms with Gasteiger partial charge in [-0.05, 0) is 12.8 Å². The van der Waals surface area contributed by atoms with Gasteiger partial charge >= 0.3 is 0 Å². The topological polar surface area (TPSA) is 26.0 Å². The minimum atomic E-state index is -0.750. The molecule has 0 heterocycles. The maximum Gasteiger partial charge on any atom is 0.0462 e. The van der Waals surface area contributed by atoms with Crippen LogP contribution in [0.3, 0.4) is 0 Å². The molecule has 0 saturated carbocycles. The highest BCUT2D eigenvalue weighted by Crippen LogP contribution is 1.93. The van der Waals surface area contributed by atoms with Crippen LogP contribution in [0.4, 0.5) is 0 Å². The summed E-state index contributed by atoms with van der Waals surface area (Å²) in [4.78, 5) is 0. The van der Waals surface area contributed by atoms with Crippen LogP contribution in [-0.2, 0) is 0 Å². The third kappa shape index (κ3) is 2.21. The lowest BCUT2D eigenvalue weighted by molar-refractivity contribution is 0.529. The minimum absolute atomic E-state index is 0.243. The van der Waals surface area contributed by atoms with Gasteiger partial charge in [-0.3, -0.25) is 0 Å². The zero-order chi connectivity index (χ0) is 6.08. The van der Waals surface area contributed by atoms with Gasteiger partial charge < -0.3 is 5.73 Å². The third-order valence-corrected chi connectivity index (χ3v) is 0.911. The fourth-order valence-electron chi connectivity index (χ4n) is 0. The van der Waals surface area contributed by atoms with Gasteiger partial charge in [0.25, 0.3) is 0 Å². The minimum Gasteiger partial charge on any atom is -0.328 e. The molecule has 0 aromatic carbocycles. The van der Waals surface area contributed by atoms with E-state index in [0.29, 0.717) is 0 Å². The predicted octanol–water partition coefficient (Wildman–Crippen LogP) is 0.990. The van der Waals surface area contributed by atoms with Crippen molar-refractivity contribution in [2.75, 3.05) is 0 Å². The van der Waals surface area contributed by atoms with Crippen LogP contribution in [0.5, 0.6) is 0 Å². The molecule has 0 rings (SSSR count). The summed E-state index contributed by atoms with van der Waals surface area (Å²) in [7, 11) is 0. The first-order chi connectivity index (χ1) is 2.94. The van der Waals surface area contributed by atoms with Crippen molar-refractivity contribution >= 4 is 0 Å². The molecule has 0 amide bonds. The highest BCUT2D eigenvalue weighted by Gasteiger charge is 1.95. The quantitative estimate of drug-likeness (QED) is 0.508. The van der Waals surface area contributed by atoms with Crippen molar-refractivity contribution in [2.45, 2.75) is 26.8 Å². The molecular weight excluding hydrogens is 74.1 g/mol. The van der Waals surface area contributed by atoms with Crippen molar-refractivity contribution in [3.8, 4) is 0 Å². The summed E-state index contributed by atoms with van der Waals surface area (Å²) in [6, 6.07) is -0.750. The zero-order valence-corrected chi connectivity index (χ0v) is 4.65. The normalized spacial score (nSPS) is 23.2. The van der Waals surface area contributed by atoms with Gasteiger partial charge in [-0.2, -0.15) is 0 Å². The molecular formula is C5H13N. The van der Waals surface area contributed by atoms with Crippen LogP contribution in [-0.4, -0.2) is 6.02 Å². The van der Waals surface area contributed by atoms with E-state index in [1.54, 1.807) is 6.92 Å². The molecule has 1 heteroatoms. The molecule has 0 aliphatic heterocycles. The fraction of sp³-hybridized carbons (Fsp3) is 1.00. The van der Waals surface area contributed by atoms with Gasteiger partial charge in [-0.25, -0.2) is 0 Å². The smallest absolute Gasteiger partial charge is 0.0462 e. The van der Waals surface area contributed by atoms with Gasteiger partial charge in [0.05, 0.1) is 0 Å². The molecule has 0 spiro atoms. The lowest BCUT2D eigenvalue weighted by atomic mass is 10.1. The number of hydrogen-bond acceptors (Lipinski definition) is 1. The second-order valence-electron chi connectivity index (χ2n) is 1.90. The van der Waals surface area contributed by atoms with E-state index in [9.17, 15) is 0 Å². The lowest BCUT2D eigenvalue weighted by Gasteiger charge is -2.05. The second-order valence-corrected chi connectivity index (χ2v) is 1.90. The van der Waals surface area contributed by atoms with E-state index >= 15 is 0 Å². The molecule has 0 aliphatic rings. The summed E-state index contributed by atoms with van der Waals surface area (Å²) >= 11 is 0. The van der Waals surface area contributed by atoms with Crippen molar-refractivity contribution in [1.29, 1.82) is 0 Å². The predicted molar refractivity (Wildman–Crippen MR) is 28.5 cm³/mol. The van der Waals surface area contributed by atoms with E-state index in [4.69, 9.17) is 7.10 Å². The van der Waals surface area contributed by atoms with Crippen LogP contribution in [0.25, 0.3) is 0 Å². The second kappa shape index (κ2) is 2.19. The molecule has 0 saturated heterocycles. The molecule has 0 aliphatic carbocycles. The van der Waals surface area contributed by atoms with Gasteiger partial charge in [-0.15, -0.1) is 0 Å². The van der Waals surface area contributed by atoms with Gasteiger partial charge in [0.1, 0.15) is 0 Å². The van der Waals surface area contributed by atoms with Crippen molar-refractivity contribution in [1.82, 2.24) is 0 Å². The fourth-order valence-corrected chi connectivity index (χ4v) is 0. The molecule has 0 radical (unpaired) electrons. The average molecular weight is 88.2 g/mol. The molecule has 0 bridgehead atoms. The Hall–Kier alpha value is -0.0400. The first kappa shape index (κ1) is 4.13. The van der Waals surface area contributed by atoms with Crippen molar-refractivity contribution in [3.05, 3.63) is 0 Å². The molecule has 1 atom stereocenters. The SMILES string of the molecule is [2H]C(C)(N)C(C)C. The van der Waals surface area contributed by atoms with Crippen molar-refractivity contribution in [2.24, 2.45) is 11.7 Å². The van der Waals surface area contributed by atoms with Crippen LogP contribution in [0.2, 0.25) is 0 Å². The molecule has 0 aromatic rings. The Bertz CT molecular complexity index is 53.6. The summed E-state index contributed by atoms with van der Waals surface area (Å²) in [5.41, 5.74) is 5.34. The van der Waals surface area contributed by atoms with E-state index in [1.165, 1.54) is 0 Å². The highest BCUT2D eigenvalue weighted by molar-refractivity contribution is 4.55. The molecule has 1 nitrogen and oxygen atoms in total. The van der Waals surface area contributed by atoms with Gasteiger partial charge in [0.2, 0.25) is 0 Å². The number of nitrogens with two attached hydrogens (primary N) is 1. The largest absolute Gasteiger partial charge is 0.328 e. The maximum atomic E-state index is 7.16. The lowest BCUT2D eigenvalue weighted by Crippen LogP contribution is -2.21. The van der Waals surface area contributed by atoms with E-state index in [-0.39, 0.29) is 5.92 Å². The highest BCUT2D eigenvalue weighted by atomic mass is 14.6. The summed E-state index contributed by atoms with van der Waals surface area (Å²) in [6.45, 7) is 5.58. The van der Waals surface area contributed by atoms with Gasteiger partial charge in [0.15, 0.2) is 0 Å².